The molecule has 308 valence electrons. The summed E-state index contributed by atoms with van der Waals surface area (Å²) in [6.45, 7) is 10.1. The minimum Gasteiger partial charge on any atom is -0.394 e. The van der Waals surface area contributed by atoms with Gasteiger partial charge < -0.3 is 69.3 Å². The third-order valence-corrected chi connectivity index (χ3v) is 15.2. The van der Waals surface area contributed by atoms with Crippen LogP contribution in [0.5, 0.6) is 0 Å². The molecule has 0 aromatic carbocycles. The molecular formula is C39H68O14. The van der Waals surface area contributed by atoms with E-state index < -0.39 is 103 Å². The molecule has 21 atom stereocenters. The van der Waals surface area contributed by atoms with Crippen LogP contribution in [-0.2, 0) is 28.4 Å². The summed E-state index contributed by atoms with van der Waals surface area (Å²) in [6.07, 6.45) is -7.34. The van der Waals surface area contributed by atoms with Gasteiger partial charge in [0, 0.05) is 32.5 Å². The van der Waals surface area contributed by atoms with E-state index in [0.717, 1.165) is 12.8 Å². The fourth-order valence-corrected chi connectivity index (χ4v) is 12.5. The van der Waals surface area contributed by atoms with Gasteiger partial charge in [0.15, 0.2) is 12.6 Å². The molecule has 0 spiro atoms. The lowest BCUT2D eigenvalue weighted by molar-refractivity contribution is -0.313. The fraction of sp³-hybridized carbons (Fsp3) is 1.00. The van der Waals surface area contributed by atoms with Gasteiger partial charge in [0.25, 0.3) is 0 Å². The standard InChI is InChI=1S/C39H68O14/c1-18(2)24(51-36-33(30(45)25(16-40)52-36)53-35-32(49-7)31(46)26(48-6)17-50-35)9-8-19(3)20-14-22(42)34-37(20,4)13-11-27-38(5)12-10-21(41)29(44)28(38)23(43)15-39(27,34)47/h18-36,40-47H,8-17H2,1-7H3/t19-,20-,21+,22-,23+,24+,25?,26?,27?,28?,29+,30?,31?,32?,33?,34?,35?,36?,37-,38-,39+/m1/s1. The molecule has 2 heterocycles. The first-order valence-corrected chi connectivity index (χ1v) is 20.0. The number of aliphatic hydroxyl groups is 8. The van der Waals surface area contributed by atoms with Crippen molar-refractivity contribution in [1.29, 1.82) is 0 Å². The lowest BCUT2D eigenvalue weighted by atomic mass is 9.41. The summed E-state index contributed by atoms with van der Waals surface area (Å²) in [5.74, 6) is -0.891. The second-order valence-electron chi connectivity index (χ2n) is 18.3. The van der Waals surface area contributed by atoms with Crippen molar-refractivity contribution in [2.75, 3.05) is 27.4 Å². The summed E-state index contributed by atoms with van der Waals surface area (Å²) in [6, 6.07) is 0. The fourth-order valence-electron chi connectivity index (χ4n) is 12.5. The molecule has 53 heavy (non-hydrogen) atoms. The van der Waals surface area contributed by atoms with Crippen LogP contribution in [0.3, 0.4) is 0 Å². The number of hydrogen-bond acceptors (Lipinski definition) is 14. The molecule has 6 aliphatic rings. The zero-order chi connectivity index (χ0) is 38.8. The summed E-state index contributed by atoms with van der Waals surface area (Å²) in [7, 11) is 2.89. The van der Waals surface area contributed by atoms with E-state index in [9.17, 15) is 40.9 Å². The average molecular weight is 761 g/mol. The Morgan fingerprint density at radius 2 is 1.49 bits per heavy atom. The maximum absolute atomic E-state index is 12.7. The lowest BCUT2D eigenvalue weighted by Gasteiger charge is -2.66. The molecule has 2 aliphatic heterocycles. The van der Waals surface area contributed by atoms with E-state index in [-0.39, 0.29) is 48.2 Å². The van der Waals surface area contributed by atoms with Gasteiger partial charge in [-0.05, 0) is 79.4 Å². The van der Waals surface area contributed by atoms with Crippen molar-refractivity contribution in [3.8, 4) is 0 Å². The molecule has 0 amide bonds. The van der Waals surface area contributed by atoms with Crippen LogP contribution in [0.15, 0.2) is 0 Å². The summed E-state index contributed by atoms with van der Waals surface area (Å²) in [5, 5.41) is 89.2. The third kappa shape index (κ3) is 7.17. The smallest absolute Gasteiger partial charge is 0.187 e. The number of rotatable bonds is 12. The van der Waals surface area contributed by atoms with Crippen molar-refractivity contribution in [3.63, 3.8) is 0 Å². The minimum atomic E-state index is -1.31. The zero-order valence-corrected chi connectivity index (χ0v) is 32.6. The molecule has 0 aromatic rings. The second kappa shape index (κ2) is 16.0. The highest BCUT2D eigenvalue weighted by Gasteiger charge is 2.71. The van der Waals surface area contributed by atoms with Crippen molar-refractivity contribution in [2.45, 2.75) is 171 Å². The van der Waals surface area contributed by atoms with E-state index in [1.807, 2.05) is 20.8 Å². The van der Waals surface area contributed by atoms with Gasteiger partial charge in [-0.1, -0.05) is 34.6 Å². The van der Waals surface area contributed by atoms with Gasteiger partial charge in [-0.15, -0.1) is 0 Å². The second-order valence-corrected chi connectivity index (χ2v) is 18.3. The van der Waals surface area contributed by atoms with Crippen LogP contribution in [0, 0.1) is 46.3 Å². The maximum Gasteiger partial charge on any atom is 0.187 e. The molecule has 4 aliphatic carbocycles. The summed E-state index contributed by atoms with van der Waals surface area (Å²) in [4.78, 5) is 0. The first-order chi connectivity index (χ1) is 25.0. The van der Waals surface area contributed by atoms with Crippen molar-refractivity contribution in [3.05, 3.63) is 0 Å². The van der Waals surface area contributed by atoms with Crippen LogP contribution in [0.4, 0.5) is 0 Å². The van der Waals surface area contributed by atoms with Crippen LogP contribution < -0.4 is 0 Å². The summed E-state index contributed by atoms with van der Waals surface area (Å²) >= 11 is 0. The predicted molar refractivity (Wildman–Crippen MR) is 189 cm³/mol. The molecular weight excluding hydrogens is 692 g/mol. The molecule has 4 saturated carbocycles. The monoisotopic (exact) mass is 760 g/mol. The number of methoxy groups -OCH3 is 2. The van der Waals surface area contributed by atoms with E-state index in [1.165, 1.54) is 14.2 Å². The Morgan fingerprint density at radius 3 is 2.13 bits per heavy atom. The lowest BCUT2D eigenvalue weighted by Crippen LogP contribution is -2.70. The van der Waals surface area contributed by atoms with Crippen LogP contribution in [-0.4, -0.2) is 154 Å². The molecule has 0 aromatic heterocycles. The molecule has 14 nitrogen and oxygen atoms in total. The van der Waals surface area contributed by atoms with Crippen molar-refractivity contribution in [2.24, 2.45) is 46.3 Å². The highest BCUT2D eigenvalue weighted by atomic mass is 16.8. The van der Waals surface area contributed by atoms with Crippen LogP contribution >= 0.6 is 0 Å². The number of hydrogen-bond donors (Lipinski definition) is 8. The molecule has 8 N–H and O–H groups in total. The number of ether oxygens (including phenoxy) is 6. The molecule has 0 bridgehead atoms. The van der Waals surface area contributed by atoms with E-state index in [1.54, 1.807) is 0 Å². The van der Waals surface area contributed by atoms with Crippen LogP contribution in [0.1, 0.15) is 86.0 Å². The van der Waals surface area contributed by atoms with Gasteiger partial charge in [0.05, 0.1) is 49.3 Å². The highest BCUT2D eigenvalue weighted by Crippen LogP contribution is 2.70. The number of fused-ring (bicyclic) bond motifs is 5. The van der Waals surface area contributed by atoms with Crippen molar-refractivity contribution < 1.29 is 69.3 Å². The first-order valence-electron chi connectivity index (χ1n) is 20.0. The van der Waals surface area contributed by atoms with Gasteiger partial charge >= 0.3 is 0 Å². The van der Waals surface area contributed by atoms with Crippen LogP contribution in [0.2, 0.25) is 0 Å². The Balaban J connectivity index is 1.14. The summed E-state index contributed by atoms with van der Waals surface area (Å²) in [5.41, 5.74) is -2.26. The zero-order valence-electron chi connectivity index (χ0n) is 32.6. The first kappa shape index (κ1) is 42.1. The Kier molecular flexibility index (Phi) is 12.7. The average Bonchev–Trinajstić information content (AvgIpc) is 3.55. The highest BCUT2D eigenvalue weighted by molar-refractivity contribution is 5.21. The largest absolute Gasteiger partial charge is 0.394 e. The summed E-state index contributed by atoms with van der Waals surface area (Å²) < 4.78 is 35.4. The Bertz CT molecular complexity index is 1230. The van der Waals surface area contributed by atoms with E-state index in [2.05, 4.69) is 13.8 Å². The molecule has 14 heteroatoms. The van der Waals surface area contributed by atoms with Crippen molar-refractivity contribution in [1.82, 2.24) is 0 Å². The van der Waals surface area contributed by atoms with Gasteiger partial charge in [-0.25, -0.2) is 0 Å². The Morgan fingerprint density at radius 1 is 0.792 bits per heavy atom. The molecule has 6 rings (SSSR count). The molecule has 11 unspecified atom stereocenters. The quantitative estimate of drug-likeness (QED) is 0.138. The normalized spacial score (nSPS) is 52.5. The van der Waals surface area contributed by atoms with E-state index >= 15 is 0 Å². The van der Waals surface area contributed by atoms with E-state index in [0.29, 0.717) is 32.1 Å². The number of aliphatic hydroxyl groups excluding tert-OH is 7. The Labute approximate surface area is 314 Å². The molecule has 0 radical (unpaired) electrons. The minimum absolute atomic E-state index is 0.0501. The van der Waals surface area contributed by atoms with Gasteiger partial charge in [0.2, 0.25) is 0 Å². The molecule has 6 fully saturated rings. The SMILES string of the molecule is COC1COC(OC2C(O[C@@H](CC[C@@H](C)[C@H]3C[C@@H](O)C4[C@]5(O)C[C@H](O)C6[C@@H](O)[C@@H](O)CC[C@]6(C)C5CC[C@@]43C)C(C)C)OC(CO)C2O)C(OC)C1O. The van der Waals surface area contributed by atoms with Gasteiger partial charge in [-0.2, -0.15) is 0 Å². The maximum atomic E-state index is 12.7. The van der Waals surface area contributed by atoms with Crippen molar-refractivity contribution >= 4 is 0 Å². The van der Waals surface area contributed by atoms with Gasteiger partial charge in [0.1, 0.15) is 36.6 Å². The Hall–Kier alpha value is -0.560. The third-order valence-electron chi connectivity index (χ3n) is 15.2. The van der Waals surface area contributed by atoms with Gasteiger partial charge in [-0.3, -0.25) is 0 Å². The molecule has 2 saturated heterocycles. The predicted octanol–water partition coefficient (Wildman–Crippen LogP) is 0.702. The van der Waals surface area contributed by atoms with E-state index in [4.69, 9.17) is 28.4 Å². The topological polar surface area (TPSA) is 217 Å². The van der Waals surface area contributed by atoms with Crippen LogP contribution in [0.25, 0.3) is 0 Å².